The summed E-state index contributed by atoms with van der Waals surface area (Å²) in [4.78, 5) is 21.5. The van der Waals surface area contributed by atoms with Gasteiger partial charge in [-0.05, 0) is 42.3 Å². The molecule has 0 bridgehead atoms. The minimum atomic E-state index is -4.46. The average Bonchev–Trinajstić information content (AvgIpc) is 3.22. The molecule has 0 atom stereocenters. The minimum absolute atomic E-state index is 0.0201. The third-order valence-corrected chi connectivity index (χ3v) is 6.74. The molecule has 1 amide bonds. The molecule has 1 N–H and O–H groups in total. The van der Waals surface area contributed by atoms with Crippen LogP contribution < -0.4 is 10.2 Å². The van der Waals surface area contributed by atoms with Gasteiger partial charge in [-0.1, -0.05) is 30.4 Å². The van der Waals surface area contributed by atoms with Gasteiger partial charge < -0.3 is 10.2 Å². The van der Waals surface area contributed by atoms with E-state index in [0.29, 0.717) is 13.1 Å². The Morgan fingerprint density at radius 3 is 2.62 bits per heavy atom. The third kappa shape index (κ3) is 5.21. The van der Waals surface area contributed by atoms with Crippen LogP contribution in [0.15, 0.2) is 42.5 Å². The fourth-order valence-electron chi connectivity index (χ4n) is 3.74. The molecular weight excluding hydrogens is 437 g/mol. The van der Waals surface area contributed by atoms with Crippen LogP contribution in [0.3, 0.4) is 0 Å². The van der Waals surface area contributed by atoms with Gasteiger partial charge in [0.15, 0.2) is 5.13 Å². The van der Waals surface area contributed by atoms with E-state index in [0.717, 1.165) is 55.4 Å². The maximum absolute atomic E-state index is 12.8. The lowest BCUT2D eigenvalue weighted by Gasteiger charge is -2.34. The van der Waals surface area contributed by atoms with Gasteiger partial charge in [0.1, 0.15) is 0 Å². The Hall–Kier alpha value is -2.65. The molecule has 2 heterocycles. The molecular formula is C23H25F3N4OS. The third-order valence-electron chi connectivity index (χ3n) is 5.66. The fourth-order valence-corrected chi connectivity index (χ4v) is 4.82. The number of carbonyl (C=O) groups excluding carboxylic acids is 1. The van der Waals surface area contributed by atoms with Crippen molar-refractivity contribution in [1.82, 2.24) is 15.2 Å². The summed E-state index contributed by atoms with van der Waals surface area (Å²) in [7, 11) is 0. The number of piperazine rings is 1. The second-order valence-electron chi connectivity index (χ2n) is 7.82. The molecule has 1 aromatic heterocycles. The summed E-state index contributed by atoms with van der Waals surface area (Å²) in [5, 5.41) is 3.76. The highest BCUT2D eigenvalue weighted by Gasteiger charge is 2.30. The molecule has 5 nitrogen and oxygen atoms in total. The maximum atomic E-state index is 12.8. The van der Waals surface area contributed by atoms with Gasteiger partial charge in [-0.3, -0.25) is 9.69 Å². The SMILES string of the molecule is CCc1ccc2nc(N3CCN(CCNC(=O)c4cccc(C(F)(F)F)c4)CC3)sc2c1. The molecule has 1 saturated heterocycles. The molecule has 2 aromatic carbocycles. The number of rotatable bonds is 6. The second-order valence-corrected chi connectivity index (χ2v) is 8.82. The van der Waals surface area contributed by atoms with Crippen LogP contribution in [-0.2, 0) is 12.6 Å². The Labute approximate surface area is 188 Å². The summed E-state index contributed by atoms with van der Waals surface area (Å²) in [6, 6.07) is 10.9. The molecule has 9 heteroatoms. The zero-order chi connectivity index (χ0) is 22.7. The number of benzene rings is 2. The number of alkyl halides is 3. The maximum Gasteiger partial charge on any atom is 0.416 e. The summed E-state index contributed by atoms with van der Waals surface area (Å²) < 4.78 is 39.7. The van der Waals surface area contributed by atoms with E-state index in [-0.39, 0.29) is 5.56 Å². The molecule has 0 spiro atoms. The van der Waals surface area contributed by atoms with Gasteiger partial charge in [0.05, 0.1) is 15.8 Å². The van der Waals surface area contributed by atoms with Crippen molar-refractivity contribution in [2.24, 2.45) is 0 Å². The van der Waals surface area contributed by atoms with E-state index in [1.54, 1.807) is 11.3 Å². The fraction of sp³-hybridized carbons (Fsp3) is 0.391. The Bertz CT molecular complexity index is 1090. The van der Waals surface area contributed by atoms with E-state index in [1.807, 2.05) is 0 Å². The van der Waals surface area contributed by atoms with Crippen molar-refractivity contribution in [3.63, 3.8) is 0 Å². The monoisotopic (exact) mass is 462 g/mol. The number of anilines is 1. The van der Waals surface area contributed by atoms with Gasteiger partial charge in [-0.2, -0.15) is 13.2 Å². The van der Waals surface area contributed by atoms with Gasteiger partial charge in [-0.15, -0.1) is 0 Å². The van der Waals surface area contributed by atoms with Crippen molar-refractivity contribution in [2.45, 2.75) is 19.5 Å². The quantitative estimate of drug-likeness (QED) is 0.589. The summed E-state index contributed by atoms with van der Waals surface area (Å²) >= 11 is 1.72. The number of carbonyl (C=O) groups is 1. The Morgan fingerprint density at radius 1 is 1.12 bits per heavy atom. The smallest absolute Gasteiger partial charge is 0.351 e. The molecule has 1 aliphatic rings. The largest absolute Gasteiger partial charge is 0.416 e. The molecule has 1 aliphatic heterocycles. The lowest BCUT2D eigenvalue weighted by atomic mass is 10.1. The van der Waals surface area contributed by atoms with E-state index >= 15 is 0 Å². The summed E-state index contributed by atoms with van der Waals surface area (Å²) in [5.74, 6) is -0.490. The van der Waals surface area contributed by atoms with E-state index in [1.165, 1.54) is 22.4 Å². The van der Waals surface area contributed by atoms with Crippen LogP contribution in [0.4, 0.5) is 18.3 Å². The van der Waals surface area contributed by atoms with Crippen LogP contribution in [-0.4, -0.2) is 55.1 Å². The summed E-state index contributed by atoms with van der Waals surface area (Å²) in [6.07, 6.45) is -3.45. The van der Waals surface area contributed by atoms with E-state index in [9.17, 15) is 18.0 Å². The zero-order valence-electron chi connectivity index (χ0n) is 17.8. The van der Waals surface area contributed by atoms with Gasteiger partial charge in [0, 0.05) is 44.8 Å². The van der Waals surface area contributed by atoms with E-state index < -0.39 is 17.6 Å². The summed E-state index contributed by atoms with van der Waals surface area (Å²) in [6.45, 7) is 6.56. The molecule has 32 heavy (non-hydrogen) atoms. The minimum Gasteiger partial charge on any atom is -0.351 e. The number of halogens is 3. The Morgan fingerprint density at radius 2 is 1.91 bits per heavy atom. The predicted molar refractivity (Wildman–Crippen MR) is 121 cm³/mol. The number of nitrogens with zero attached hydrogens (tertiary/aromatic N) is 3. The molecule has 0 unspecified atom stereocenters. The molecule has 170 valence electrons. The predicted octanol–water partition coefficient (Wildman–Crippen LogP) is 4.43. The summed E-state index contributed by atoms with van der Waals surface area (Å²) in [5.41, 5.74) is 1.54. The van der Waals surface area contributed by atoms with Crippen LogP contribution >= 0.6 is 11.3 Å². The van der Waals surface area contributed by atoms with Crippen molar-refractivity contribution < 1.29 is 18.0 Å². The number of fused-ring (bicyclic) bond motifs is 1. The number of amides is 1. The van der Waals surface area contributed by atoms with Crippen molar-refractivity contribution in [3.8, 4) is 0 Å². The highest BCUT2D eigenvalue weighted by atomic mass is 32.1. The van der Waals surface area contributed by atoms with Gasteiger partial charge in [-0.25, -0.2) is 4.98 Å². The van der Waals surface area contributed by atoms with Gasteiger partial charge in [0.25, 0.3) is 5.91 Å². The number of nitrogens with one attached hydrogen (secondary N) is 1. The first-order chi connectivity index (χ1) is 15.3. The van der Waals surface area contributed by atoms with Crippen molar-refractivity contribution in [3.05, 3.63) is 59.2 Å². The highest BCUT2D eigenvalue weighted by molar-refractivity contribution is 7.22. The standard InChI is InChI=1S/C23H25F3N4OS/c1-2-16-6-7-19-20(14-16)32-22(28-19)30-12-10-29(11-13-30)9-8-27-21(31)17-4-3-5-18(15-17)23(24,25)26/h3-7,14-15H,2,8-13H2,1H3,(H,27,31). The number of aromatic nitrogens is 1. The molecule has 0 radical (unpaired) electrons. The van der Waals surface area contributed by atoms with E-state index in [2.05, 4.69) is 40.2 Å². The molecule has 0 saturated carbocycles. The lowest BCUT2D eigenvalue weighted by molar-refractivity contribution is -0.137. The van der Waals surface area contributed by atoms with Crippen LogP contribution in [0.2, 0.25) is 0 Å². The van der Waals surface area contributed by atoms with Crippen molar-refractivity contribution in [2.75, 3.05) is 44.2 Å². The van der Waals surface area contributed by atoms with Crippen LogP contribution in [0.1, 0.15) is 28.4 Å². The normalized spacial score (nSPS) is 15.3. The van der Waals surface area contributed by atoms with Gasteiger partial charge >= 0.3 is 6.18 Å². The van der Waals surface area contributed by atoms with Crippen LogP contribution in [0.5, 0.6) is 0 Å². The Balaban J connectivity index is 1.25. The van der Waals surface area contributed by atoms with Gasteiger partial charge in [0.2, 0.25) is 0 Å². The van der Waals surface area contributed by atoms with E-state index in [4.69, 9.17) is 4.98 Å². The van der Waals surface area contributed by atoms with Crippen LogP contribution in [0.25, 0.3) is 10.2 Å². The van der Waals surface area contributed by atoms with Crippen molar-refractivity contribution in [1.29, 1.82) is 0 Å². The molecule has 4 rings (SSSR count). The number of hydrogen-bond acceptors (Lipinski definition) is 5. The molecule has 3 aromatic rings. The first-order valence-corrected chi connectivity index (χ1v) is 11.5. The topological polar surface area (TPSA) is 48.5 Å². The number of hydrogen-bond donors (Lipinski definition) is 1. The Kier molecular flexibility index (Phi) is 6.66. The first kappa shape index (κ1) is 22.5. The second kappa shape index (κ2) is 9.46. The van der Waals surface area contributed by atoms with Crippen molar-refractivity contribution >= 4 is 32.6 Å². The average molecular weight is 463 g/mol. The molecule has 0 aliphatic carbocycles. The molecule has 1 fully saturated rings. The highest BCUT2D eigenvalue weighted by Crippen LogP contribution is 2.31. The number of aryl methyl sites for hydroxylation is 1. The lowest BCUT2D eigenvalue weighted by Crippen LogP contribution is -2.48. The number of thiazole rings is 1. The first-order valence-electron chi connectivity index (χ1n) is 10.7. The zero-order valence-corrected chi connectivity index (χ0v) is 18.6. The van der Waals surface area contributed by atoms with Crippen LogP contribution in [0, 0.1) is 0 Å².